The summed E-state index contributed by atoms with van der Waals surface area (Å²) in [5.41, 5.74) is 3.44. The van der Waals surface area contributed by atoms with Crippen molar-refractivity contribution in [1.82, 2.24) is 5.32 Å². The molecule has 1 atom stereocenters. The fourth-order valence-corrected chi connectivity index (χ4v) is 3.27. The number of carbonyl (C=O) groups excluding carboxylic acids is 1. The summed E-state index contributed by atoms with van der Waals surface area (Å²) < 4.78 is 5.53. The molecule has 0 unspecified atom stereocenters. The fraction of sp³-hybridized carbons (Fsp3) is 0.350. The average molecular weight is 325 g/mol. The number of aliphatic hydroxyl groups excluding tert-OH is 1. The van der Waals surface area contributed by atoms with E-state index in [0.29, 0.717) is 23.8 Å². The van der Waals surface area contributed by atoms with Gasteiger partial charge in [0.15, 0.2) is 6.61 Å². The van der Waals surface area contributed by atoms with E-state index in [9.17, 15) is 9.90 Å². The topological polar surface area (TPSA) is 58.6 Å². The number of carbonyl (C=O) groups is 1. The van der Waals surface area contributed by atoms with Crippen LogP contribution in [0.3, 0.4) is 0 Å². The number of para-hydroxylation sites is 1. The summed E-state index contributed by atoms with van der Waals surface area (Å²) in [6.45, 7) is 0.503. The van der Waals surface area contributed by atoms with Gasteiger partial charge in [-0.05, 0) is 36.5 Å². The van der Waals surface area contributed by atoms with Crippen LogP contribution in [0.2, 0.25) is 0 Å². The molecule has 0 aliphatic heterocycles. The van der Waals surface area contributed by atoms with Gasteiger partial charge in [-0.2, -0.15) is 0 Å². The first kappa shape index (κ1) is 16.5. The number of hydrogen-bond acceptors (Lipinski definition) is 3. The molecule has 0 saturated heterocycles. The van der Waals surface area contributed by atoms with Crippen molar-refractivity contribution in [1.29, 1.82) is 0 Å². The van der Waals surface area contributed by atoms with Crippen LogP contribution in [0.25, 0.3) is 0 Å². The van der Waals surface area contributed by atoms with Crippen LogP contribution in [0.1, 0.15) is 35.4 Å². The second-order valence-electron chi connectivity index (χ2n) is 6.15. The molecule has 1 aliphatic carbocycles. The molecule has 24 heavy (non-hydrogen) atoms. The predicted molar refractivity (Wildman–Crippen MR) is 93.0 cm³/mol. The highest BCUT2D eigenvalue weighted by atomic mass is 16.5. The lowest BCUT2D eigenvalue weighted by Crippen LogP contribution is -2.33. The highest BCUT2D eigenvalue weighted by Crippen LogP contribution is 2.30. The van der Waals surface area contributed by atoms with E-state index < -0.39 is 0 Å². The molecule has 0 saturated carbocycles. The fourth-order valence-electron chi connectivity index (χ4n) is 3.27. The van der Waals surface area contributed by atoms with Crippen molar-refractivity contribution in [3.63, 3.8) is 0 Å². The van der Waals surface area contributed by atoms with Gasteiger partial charge in [-0.1, -0.05) is 42.5 Å². The van der Waals surface area contributed by atoms with E-state index in [1.807, 2.05) is 12.1 Å². The van der Waals surface area contributed by atoms with Crippen molar-refractivity contribution in [2.24, 2.45) is 0 Å². The second-order valence-corrected chi connectivity index (χ2v) is 6.15. The molecule has 0 heterocycles. The zero-order valence-corrected chi connectivity index (χ0v) is 13.7. The van der Waals surface area contributed by atoms with Crippen LogP contribution < -0.4 is 10.1 Å². The number of hydrogen-bond donors (Lipinski definition) is 2. The Bertz CT molecular complexity index is 699. The van der Waals surface area contributed by atoms with Crippen molar-refractivity contribution < 1.29 is 14.6 Å². The van der Waals surface area contributed by atoms with Gasteiger partial charge < -0.3 is 15.2 Å². The van der Waals surface area contributed by atoms with Crippen molar-refractivity contribution >= 4 is 5.91 Å². The first-order valence-electron chi connectivity index (χ1n) is 8.44. The molecule has 1 aliphatic rings. The predicted octanol–water partition coefficient (Wildman–Crippen LogP) is 2.79. The number of ether oxygens (including phenoxy) is 1. The van der Waals surface area contributed by atoms with Gasteiger partial charge in [0.1, 0.15) is 5.75 Å². The molecule has 0 radical (unpaired) electrons. The Morgan fingerprint density at radius 3 is 2.83 bits per heavy atom. The highest BCUT2D eigenvalue weighted by molar-refractivity contribution is 5.77. The van der Waals surface area contributed by atoms with Gasteiger partial charge in [-0.25, -0.2) is 0 Å². The van der Waals surface area contributed by atoms with Gasteiger partial charge in [0.25, 0.3) is 5.91 Å². The number of aryl methyl sites for hydroxylation is 1. The summed E-state index contributed by atoms with van der Waals surface area (Å²) >= 11 is 0. The Balaban J connectivity index is 1.52. The number of nitrogens with one attached hydrogen (secondary N) is 1. The molecular formula is C20H23NO3. The first-order valence-corrected chi connectivity index (χ1v) is 8.44. The largest absolute Gasteiger partial charge is 0.483 e. The monoisotopic (exact) mass is 325 g/mol. The summed E-state index contributed by atoms with van der Waals surface area (Å²) in [5.74, 6) is 0.799. The third-order valence-electron chi connectivity index (χ3n) is 4.54. The molecule has 0 aromatic heterocycles. The zero-order chi connectivity index (χ0) is 16.8. The van der Waals surface area contributed by atoms with Gasteiger partial charge in [0, 0.05) is 18.0 Å². The van der Waals surface area contributed by atoms with Gasteiger partial charge in [-0.15, -0.1) is 0 Å². The molecule has 126 valence electrons. The van der Waals surface area contributed by atoms with E-state index in [0.717, 1.165) is 19.3 Å². The van der Waals surface area contributed by atoms with Crippen LogP contribution >= 0.6 is 0 Å². The van der Waals surface area contributed by atoms with Crippen LogP contribution in [-0.2, 0) is 17.8 Å². The zero-order valence-electron chi connectivity index (χ0n) is 13.7. The van der Waals surface area contributed by atoms with E-state index >= 15 is 0 Å². The van der Waals surface area contributed by atoms with Crippen LogP contribution in [0.15, 0.2) is 48.5 Å². The third kappa shape index (κ3) is 3.95. The van der Waals surface area contributed by atoms with Crippen LogP contribution in [0.5, 0.6) is 5.75 Å². The van der Waals surface area contributed by atoms with E-state index in [1.165, 1.54) is 11.1 Å². The first-order chi connectivity index (χ1) is 11.8. The van der Waals surface area contributed by atoms with E-state index in [1.54, 1.807) is 12.1 Å². The van der Waals surface area contributed by atoms with E-state index in [4.69, 9.17) is 4.74 Å². The molecule has 0 fully saturated rings. The van der Waals surface area contributed by atoms with E-state index in [-0.39, 0.29) is 19.1 Å². The summed E-state index contributed by atoms with van der Waals surface area (Å²) in [6.07, 6.45) is 3.39. The van der Waals surface area contributed by atoms with Gasteiger partial charge >= 0.3 is 0 Å². The summed E-state index contributed by atoms with van der Waals surface area (Å²) in [4.78, 5) is 12.1. The van der Waals surface area contributed by atoms with Gasteiger partial charge in [-0.3, -0.25) is 4.79 Å². The van der Waals surface area contributed by atoms with Crippen LogP contribution in [0.4, 0.5) is 0 Å². The minimum absolute atomic E-state index is 0.0363. The average Bonchev–Trinajstić information content (AvgIpc) is 2.64. The summed E-state index contributed by atoms with van der Waals surface area (Å²) in [5, 5.41) is 12.2. The van der Waals surface area contributed by atoms with Crippen molar-refractivity contribution in [2.75, 3.05) is 13.2 Å². The maximum atomic E-state index is 12.1. The third-order valence-corrected chi connectivity index (χ3v) is 4.54. The lowest BCUT2D eigenvalue weighted by molar-refractivity contribution is -0.123. The lowest BCUT2D eigenvalue weighted by Gasteiger charge is -2.25. The van der Waals surface area contributed by atoms with Crippen molar-refractivity contribution in [2.45, 2.75) is 31.8 Å². The van der Waals surface area contributed by atoms with Crippen molar-refractivity contribution in [3.05, 3.63) is 65.2 Å². The number of benzene rings is 2. The Kier molecular flexibility index (Phi) is 5.49. The smallest absolute Gasteiger partial charge is 0.257 e. The summed E-state index contributed by atoms with van der Waals surface area (Å²) in [7, 11) is 0. The highest BCUT2D eigenvalue weighted by Gasteiger charge is 2.20. The quantitative estimate of drug-likeness (QED) is 0.858. The Morgan fingerprint density at radius 1 is 1.17 bits per heavy atom. The molecular weight excluding hydrogens is 302 g/mol. The lowest BCUT2D eigenvalue weighted by atomic mass is 9.83. The molecule has 4 nitrogen and oxygen atoms in total. The van der Waals surface area contributed by atoms with Gasteiger partial charge in [0.05, 0.1) is 6.61 Å². The molecule has 4 heteroatoms. The molecule has 2 aromatic rings. The number of aliphatic hydroxyl groups is 1. The van der Waals surface area contributed by atoms with E-state index in [2.05, 4.69) is 29.6 Å². The number of fused-ring (bicyclic) bond motifs is 1. The molecule has 1 amide bonds. The molecule has 3 rings (SSSR count). The van der Waals surface area contributed by atoms with Crippen LogP contribution in [0, 0.1) is 0 Å². The molecule has 0 spiro atoms. The Hall–Kier alpha value is -2.33. The molecule has 0 bridgehead atoms. The Labute approximate surface area is 142 Å². The number of rotatable bonds is 6. The minimum Gasteiger partial charge on any atom is -0.483 e. The summed E-state index contributed by atoms with van der Waals surface area (Å²) in [6, 6.07) is 15.7. The van der Waals surface area contributed by atoms with Gasteiger partial charge in [0.2, 0.25) is 0 Å². The Morgan fingerprint density at radius 2 is 1.96 bits per heavy atom. The van der Waals surface area contributed by atoms with Crippen molar-refractivity contribution in [3.8, 4) is 5.75 Å². The maximum Gasteiger partial charge on any atom is 0.257 e. The van der Waals surface area contributed by atoms with Crippen LogP contribution in [-0.4, -0.2) is 24.2 Å². The maximum absolute atomic E-state index is 12.1. The normalized spacial score (nSPS) is 16.3. The SMILES string of the molecule is O=C(COc1ccccc1CO)NC[C@H]1CCCc2ccccc21. The minimum atomic E-state index is -0.134. The second kappa shape index (κ2) is 7.97. The molecule has 2 aromatic carbocycles. The number of amides is 1. The molecule has 2 N–H and O–H groups in total. The standard InChI is InChI=1S/C20H23NO3/c22-13-17-7-2-4-11-19(17)24-14-20(23)21-12-16-9-5-8-15-6-1-3-10-18(15)16/h1-4,6-7,10-11,16,22H,5,8-9,12-14H2,(H,21,23)/t16-/m1/s1.